The highest BCUT2D eigenvalue weighted by Gasteiger charge is 2.21. The van der Waals surface area contributed by atoms with Crippen LogP contribution < -0.4 is 4.74 Å². The van der Waals surface area contributed by atoms with E-state index in [4.69, 9.17) is 9.47 Å². The number of unbranched alkanes of at least 4 members (excludes halogenated alkanes) is 6. The molecule has 2 aromatic rings. The molecule has 3 nitrogen and oxygen atoms in total. The lowest BCUT2D eigenvalue weighted by Gasteiger charge is -2.35. The van der Waals surface area contributed by atoms with Crippen molar-refractivity contribution in [2.75, 3.05) is 40.0 Å². The first-order valence-electron chi connectivity index (χ1n) is 11.8. The van der Waals surface area contributed by atoms with Gasteiger partial charge in [-0.25, -0.2) is 0 Å². The van der Waals surface area contributed by atoms with Crippen LogP contribution in [0.4, 0.5) is 0 Å². The molecule has 30 heavy (non-hydrogen) atoms. The molecule has 2 rings (SSSR count). The van der Waals surface area contributed by atoms with Crippen molar-refractivity contribution in [2.24, 2.45) is 0 Å². The molecule has 0 spiro atoms. The third kappa shape index (κ3) is 10.8. The lowest BCUT2D eigenvalue weighted by molar-refractivity contribution is -0.923. The lowest BCUT2D eigenvalue weighted by atomic mass is 10.1. The Hall–Kier alpha value is -1.84. The van der Waals surface area contributed by atoms with Gasteiger partial charge < -0.3 is 14.0 Å². The molecule has 0 fully saturated rings. The number of nitrogens with zero attached hydrogens (tertiary/aromatic N) is 1. The van der Waals surface area contributed by atoms with Crippen molar-refractivity contribution in [3.05, 3.63) is 66.2 Å². The van der Waals surface area contributed by atoms with Crippen molar-refractivity contribution in [3.63, 3.8) is 0 Å². The molecule has 166 valence electrons. The number of hydrogen-bond acceptors (Lipinski definition) is 2. The Kier molecular flexibility index (Phi) is 12.2. The van der Waals surface area contributed by atoms with E-state index in [-0.39, 0.29) is 0 Å². The van der Waals surface area contributed by atoms with Gasteiger partial charge in [-0.3, -0.25) is 0 Å². The molecule has 0 bridgehead atoms. The molecule has 1 unspecified atom stereocenters. The number of ether oxygens (including phenoxy) is 2. The smallest absolute Gasteiger partial charge is 0.119 e. The van der Waals surface area contributed by atoms with E-state index in [0.29, 0.717) is 13.2 Å². The number of hydrogen-bond donors (Lipinski definition) is 0. The van der Waals surface area contributed by atoms with Crippen LogP contribution in [0, 0.1) is 0 Å². The van der Waals surface area contributed by atoms with Gasteiger partial charge in [-0.1, -0.05) is 87.6 Å². The van der Waals surface area contributed by atoms with E-state index in [1.807, 2.05) is 30.3 Å². The average Bonchev–Trinajstić information content (AvgIpc) is 2.77. The molecule has 1 atom stereocenters. The van der Waals surface area contributed by atoms with Crippen LogP contribution in [0.3, 0.4) is 0 Å². The molecule has 0 aliphatic rings. The molecule has 0 heterocycles. The van der Waals surface area contributed by atoms with Gasteiger partial charge in [0.1, 0.15) is 25.4 Å². The molecule has 2 aromatic carbocycles. The van der Waals surface area contributed by atoms with E-state index in [2.05, 4.69) is 44.3 Å². The van der Waals surface area contributed by atoms with E-state index in [0.717, 1.165) is 29.9 Å². The summed E-state index contributed by atoms with van der Waals surface area (Å²) >= 11 is 0. The van der Waals surface area contributed by atoms with Gasteiger partial charge in [0.05, 0.1) is 26.8 Å². The molecule has 0 aromatic heterocycles. The zero-order valence-electron chi connectivity index (χ0n) is 19.2. The fourth-order valence-electron chi connectivity index (χ4n) is 3.87. The van der Waals surface area contributed by atoms with Gasteiger partial charge in [0.2, 0.25) is 0 Å². The zero-order valence-corrected chi connectivity index (χ0v) is 19.2. The second-order valence-electron chi connectivity index (χ2n) is 8.61. The maximum absolute atomic E-state index is 5.92. The summed E-state index contributed by atoms with van der Waals surface area (Å²) in [6.07, 6.45) is 9.51. The Morgan fingerprint density at radius 2 is 1.30 bits per heavy atom. The van der Waals surface area contributed by atoms with Crippen LogP contribution >= 0.6 is 0 Å². The normalized spacial score (nSPS) is 13.1. The number of quaternary nitrogens is 1. The Morgan fingerprint density at radius 3 is 2.00 bits per heavy atom. The standard InChI is InChI=1S/C27H42NO2/c1-3-4-5-6-7-8-15-20-28(2,25-26-16-11-9-12-17-26)21-22-29-23-24-30-27-18-13-10-14-19-27/h9-14,16-19H,3-8,15,20-25H2,1-2H3/q+1. The van der Waals surface area contributed by atoms with Gasteiger partial charge >= 0.3 is 0 Å². The van der Waals surface area contributed by atoms with Gasteiger partial charge in [-0.2, -0.15) is 0 Å². The molecular weight excluding hydrogens is 370 g/mol. The molecule has 0 radical (unpaired) electrons. The number of rotatable bonds is 17. The molecule has 0 saturated carbocycles. The summed E-state index contributed by atoms with van der Waals surface area (Å²) < 4.78 is 12.7. The van der Waals surface area contributed by atoms with Gasteiger partial charge in [0.15, 0.2) is 0 Å². The molecule has 0 N–H and O–H groups in total. The summed E-state index contributed by atoms with van der Waals surface area (Å²) in [7, 11) is 2.38. The summed E-state index contributed by atoms with van der Waals surface area (Å²) in [6, 6.07) is 20.8. The van der Waals surface area contributed by atoms with Gasteiger partial charge in [0, 0.05) is 5.56 Å². The van der Waals surface area contributed by atoms with Crippen LogP contribution in [0.15, 0.2) is 60.7 Å². The number of likely N-dealkylation sites (N-methyl/N-ethyl adjacent to an activating group) is 1. The second kappa shape index (κ2) is 15.0. The van der Waals surface area contributed by atoms with Crippen LogP contribution in [-0.2, 0) is 11.3 Å². The summed E-state index contributed by atoms with van der Waals surface area (Å²) in [5.74, 6) is 0.907. The highest BCUT2D eigenvalue weighted by Crippen LogP contribution is 2.15. The van der Waals surface area contributed by atoms with E-state index in [1.54, 1.807) is 0 Å². The van der Waals surface area contributed by atoms with Crippen LogP contribution in [0.5, 0.6) is 5.75 Å². The third-order valence-electron chi connectivity index (χ3n) is 5.72. The highest BCUT2D eigenvalue weighted by molar-refractivity contribution is 5.20. The van der Waals surface area contributed by atoms with Crippen LogP contribution in [0.1, 0.15) is 57.4 Å². The lowest BCUT2D eigenvalue weighted by Crippen LogP contribution is -2.46. The minimum Gasteiger partial charge on any atom is -0.491 e. The first-order chi connectivity index (χ1) is 14.7. The number of para-hydroxylation sites is 1. The molecular formula is C27H42NO2+. The monoisotopic (exact) mass is 412 g/mol. The third-order valence-corrected chi connectivity index (χ3v) is 5.72. The Morgan fingerprint density at radius 1 is 0.667 bits per heavy atom. The Bertz CT molecular complexity index is 646. The van der Waals surface area contributed by atoms with Gasteiger partial charge in [-0.15, -0.1) is 0 Å². The zero-order chi connectivity index (χ0) is 21.3. The fraction of sp³-hybridized carbons (Fsp3) is 0.556. The van der Waals surface area contributed by atoms with E-state index in [1.165, 1.54) is 57.1 Å². The average molecular weight is 413 g/mol. The number of benzene rings is 2. The van der Waals surface area contributed by atoms with Gasteiger partial charge in [0.25, 0.3) is 0 Å². The van der Waals surface area contributed by atoms with Crippen molar-refractivity contribution in [1.82, 2.24) is 0 Å². The highest BCUT2D eigenvalue weighted by atomic mass is 16.5. The van der Waals surface area contributed by atoms with E-state index >= 15 is 0 Å². The summed E-state index contributed by atoms with van der Waals surface area (Å²) in [6.45, 7) is 7.62. The SMILES string of the molecule is CCCCCCCCC[N+](C)(CCOCCOc1ccccc1)Cc1ccccc1. The van der Waals surface area contributed by atoms with Crippen molar-refractivity contribution in [2.45, 2.75) is 58.4 Å². The minimum atomic E-state index is 0.601. The fourth-order valence-corrected chi connectivity index (χ4v) is 3.87. The summed E-state index contributed by atoms with van der Waals surface area (Å²) in [5.41, 5.74) is 1.41. The molecule has 0 amide bonds. The molecule has 3 heteroatoms. The summed E-state index contributed by atoms with van der Waals surface area (Å²) in [5, 5.41) is 0. The molecule has 0 aliphatic heterocycles. The van der Waals surface area contributed by atoms with Crippen molar-refractivity contribution < 1.29 is 14.0 Å². The minimum absolute atomic E-state index is 0.601. The predicted molar refractivity (Wildman–Crippen MR) is 127 cm³/mol. The van der Waals surface area contributed by atoms with Crippen LogP contribution in [0.25, 0.3) is 0 Å². The maximum atomic E-state index is 5.92. The molecule has 0 saturated heterocycles. The Labute approximate surface area is 184 Å². The first-order valence-corrected chi connectivity index (χ1v) is 11.8. The Balaban J connectivity index is 1.70. The van der Waals surface area contributed by atoms with E-state index in [9.17, 15) is 0 Å². The second-order valence-corrected chi connectivity index (χ2v) is 8.61. The van der Waals surface area contributed by atoms with Crippen LogP contribution in [-0.4, -0.2) is 44.4 Å². The molecule has 0 aliphatic carbocycles. The van der Waals surface area contributed by atoms with Crippen molar-refractivity contribution in [1.29, 1.82) is 0 Å². The maximum Gasteiger partial charge on any atom is 0.119 e. The van der Waals surface area contributed by atoms with Crippen molar-refractivity contribution in [3.8, 4) is 5.75 Å². The topological polar surface area (TPSA) is 18.5 Å². The van der Waals surface area contributed by atoms with Crippen molar-refractivity contribution >= 4 is 0 Å². The first kappa shape index (κ1) is 24.4. The quantitative estimate of drug-likeness (QED) is 0.219. The van der Waals surface area contributed by atoms with E-state index < -0.39 is 0 Å². The van der Waals surface area contributed by atoms with Crippen LogP contribution in [0.2, 0.25) is 0 Å². The summed E-state index contributed by atoms with van der Waals surface area (Å²) in [4.78, 5) is 0. The predicted octanol–water partition coefficient (Wildman–Crippen LogP) is 6.48. The largest absolute Gasteiger partial charge is 0.491 e. The van der Waals surface area contributed by atoms with Gasteiger partial charge in [-0.05, 0) is 25.0 Å².